The summed E-state index contributed by atoms with van der Waals surface area (Å²) < 4.78 is 0. The van der Waals surface area contributed by atoms with Crippen LogP contribution in [0.3, 0.4) is 0 Å². The zero-order valence-corrected chi connectivity index (χ0v) is 13.4. The van der Waals surface area contributed by atoms with Crippen molar-refractivity contribution >= 4 is 0 Å². The van der Waals surface area contributed by atoms with E-state index < -0.39 is 0 Å². The van der Waals surface area contributed by atoms with E-state index in [1.54, 1.807) is 0 Å². The lowest BCUT2D eigenvalue weighted by atomic mass is 9.99. The lowest BCUT2D eigenvalue weighted by molar-refractivity contribution is 0.867. The van der Waals surface area contributed by atoms with Crippen molar-refractivity contribution in [3.8, 4) is 22.4 Å². The molecule has 0 spiro atoms. The number of rotatable bonds is 3. The SMILES string of the molecule is Cc1ccccc1-c1ccc(-c2ccc(C(C)C)cc2)cn1. The van der Waals surface area contributed by atoms with E-state index in [-0.39, 0.29) is 0 Å². The molecular weight excluding hydrogens is 266 g/mol. The van der Waals surface area contributed by atoms with Crippen LogP contribution in [0.15, 0.2) is 66.9 Å². The molecule has 0 aliphatic rings. The highest BCUT2D eigenvalue weighted by molar-refractivity contribution is 5.68. The molecule has 0 fully saturated rings. The molecule has 110 valence electrons. The van der Waals surface area contributed by atoms with Crippen molar-refractivity contribution in [1.29, 1.82) is 0 Å². The highest BCUT2D eigenvalue weighted by Gasteiger charge is 2.04. The summed E-state index contributed by atoms with van der Waals surface area (Å²) in [7, 11) is 0. The van der Waals surface area contributed by atoms with Gasteiger partial charge in [-0.3, -0.25) is 4.98 Å². The first-order chi connectivity index (χ1) is 10.6. The first-order valence-corrected chi connectivity index (χ1v) is 7.77. The molecule has 1 aromatic heterocycles. The standard InChI is InChI=1S/C21H21N/c1-15(2)17-8-10-18(11-9-17)19-12-13-21(22-14-19)20-7-5-4-6-16(20)3/h4-15H,1-3H3. The van der Waals surface area contributed by atoms with Crippen molar-refractivity contribution in [3.05, 3.63) is 78.0 Å². The molecule has 0 aliphatic carbocycles. The van der Waals surface area contributed by atoms with Gasteiger partial charge in [0.1, 0.15) is 0 Å². The molecule has 0 saturated heterocycles. The Balaban J connectivity index is 1.90. The van der Waals surface area contributed by atoms with Crippen LogP contribution in [-0.2, 0) is 0 Å². The second-order valence-corrected chi connectivity index (χ2v) is 6.02. The van der Waals surface area contributed by atoms with E-state index in [1.165, 1.54) is 22.3 Å². The van der Waals surface area contributed by atoms with Crippen LogP contribution in [-0.4, -0.2) is 4.98 Å². The molecule has 0 bridgehead atoms. The van der Waals surface area contributed by atoms with Gasteiger partial charge >= 0.3 is 0 Å². The average Bonchev–Trinajstić information content (AvgIpc) is 2.56. The predicted octanol–water partition coefficient (Wildman–Crippen LogP) is 5.85. The van der Waals surface area contributed by atoms with Gasteiger partial charge in [0.2, 0.25) is 0 Å². The maximum absolute atomic E-state index is 4.64. The van der Waals surface area contributed by atoms with Crippen molar-refractivity contribution < 1.29 is 0 Å². The van der Waals surface area contributed by atoms with Crippen molar-refractivity contribution in [2.45, 2.75) is 26.7 Å². The first kappa shape index (κ1) is 14.5. The Bertz CT molecular complexity index is 753. The number of hydrogen-bond donors (Lipinski definition) is 0. The fourth-order valence-corrected chi connectivity index (χ4v) is 2.64. The van der Waals surface area contributed by atoms with Crippen LogP contribution in [0.5, 0.6) is 0 Å². The molecule has 0 saturated carbocycles. The number of aryl methyl sites for hydroxylation is 1. The Labute approximate surface area is 132 Å². The van der Waals surface area contributed by atoms with Crippen LogP contribution in [0.25, 0.3) is 22.4 Å². The first-order valence-electron chi connectivity index (χ1n) is 7.77. The topological polar surface area (TPSA) is 12.9 Å². The Morgan fingerprint density at radius 3 is 2.05 bits per heavy atom. The van der Waals surface area contributed by atoms with E-state index in [0.29, 0.717) is 5.92 Å². The van der Waals surface area contributed by atoms with Gasteiger partial charge in [0, 0.05) is 17.3 Å². The minimum Gasteiger partial charge on any atom is -0.256 e. The second kappa shape index (κ2) is 6.15. The molecular formula is C21H21N. The van der Waals surface area contributed by atoms with Crippen LogP contribution in [0.1, 0.15) is 30.9 Å². The summed E-state index contributed by atoms with van der Waals surface area (Å²) in [5.41, 5.74) is 7.23. The summed E-state index contributed by atoms with van der Waals surface area (Å²) in [6, 6.07) is 21.4. The van der Waals surface area contributed by atoms with Crippen molar-refractivity contribution in [2.24, 2.45) is 0 Å². The molecule has 3 rings (SSSR count). The van der Waals surface area contributed by atoms with E-state index >= 15 is 0 Å². The fourth-order valence-electron chi connectivity index (χ4n) is 2.64. The molecule has 3 aromatic rings. The number of pyridine rings is 1. The summed E-state index contributed by atoms with van der Waals surface area (Å²) in [4.78, 5) is 4.64. The molecule has 0 amide bonds. The van der Waals surface area contributed by atoms with Crippen LogP contribution in [0.4, 0.5) is 0 Å². The van der Waals surface area contributed by atoms with Gasteiger partial charge in [0.15, 0.2) is 0 Å². The molecule has 1 heterocycles. The normalized spacial score (nSPS) is 10.9. The Hall–Kier alpha value is -2.41. The lowest BCUT2D eigenvalue weighted by Gasteiger charge is -2.08. The second-order valence-electron chi connectivity index (χ2n) is 6.02. The van der Waals surface area contributed by atoms with Crippen molar-refractivity contribution in [3.63, 3.8) is 0 Å². The molecule has 0 N–H and O–H groups in total. The summed E-state index contributed by atoms with van der Waals surface area (Å²) in [6.45, 7) is 6.55. The molecule has 0 unspecified atom stereocenters. The summed E-state index contributed by atoms with van der Waals surface area (Å²) in [5, 5.41) is 0. The van der Waals surface area contributed by atoms with Gasteiger partial charge < -0.3 is 0 Å². The number of aromatic nitrogens is 1. The third-order valence-electron chi connectivity index (χ3n) is 4.10. The lowest BCUT2D eigenvalue weighted by Crippen LogP contribution is -1.89. The van der Waals surface area contributed by atoms with Crippen molar-refractivity contribution in [2.75, 3.05) is 0 Å². The minimum absolute atomic E-state index is 0.565. The third-order valence-corrected chi connectivity index (χ3v) is 4.10. The third kappa shape index (κ3) is 2.94. The van der Waals surface area contributed by atoms with E-state index in [0.717, 1.165) is 11.3 Å². The van der Waals surface area contributed by atoms with Crippen molar-refractivity contribution in [1.82, 2.24) is 4.98 Å². The molecule has 0 aliphatic heterocycles. The maximum Gasteiger partial charge on any atom is 0.0705 e. The number of benzene rings is 2. The monoisotopic (exact) mass is 287 g/mol. The molecule has 2 aromatic carbocycles. The summed E-state index contributed by atoms with van der Waals surface area (Å²) >= 11 is 0. The zero-order valence-electron chi connectivity index (χ0n) is 13.4. The Kier molecular flexibility index (Phi) is 4.06. The molecule has 1 nitrogen and oxygen atoms in total. The van der Waals surface area contributed by atoms with Gasteiger partial charge in [-0.05, 0) is 35.6 Å². The van der Waals surface area contributed by atoms with Crippen LogP contribution < -0.4 is 0 Å². The molecule has 0 radical (unpaired) electrons. The summed E-state index contributed by atoms with van der Waals surface area (Å²) in [5.74, 6) is 0.565. The predicted molar refractivity (Wildman–Crippen MR) is 93.9 cm³/mol. The Morgan fingerprint density at radius 1 is 0.773 bits per heavy atom. The van der Waals surface area contributed by atoms with E-state index in [9.17, 15) is 0 Å². The molecule has 1 heteroatoms. The largest absolute Gasteiger partial charge is 0.256 e. The average molecular weight is 287 g/mol. The van der Waals surface area contributed by atoms with Crippen LogP contribution in [0.2, 0.25) is 0 Å². The van der Waals surface area contributed by atoms with Gasteiger partial charge in [-0.15, -0.1) is 0 Å². The zero-order chi connectivity index (χ0) is 15.5. The highest BCUT2D eigenvalue weighted by atomic mass is 14.7. The van der Waals surface area contributed by atoms with Gasteiger partial charge in [0.05, 0.1) is 5.69 Å². The van der Waals surface area contributed by atoms with Gasteiger partial charge in [-0.25, -0.2) is 0 Å². The number of hydrogen-bond acceptors (Lipinski definition) is 1. The van der Waals surface area contributed by atoms with Crippen LogP contribution in [0, 0.1) is 6.92 Å². The van der Waals surface area contributed by atoms with E-state index in [2.05, 4.69) is 86.4 Å². The quantitative estimate of drug-likeness (QED) is 0.589. The van der Waals surface area contributed by atoms with Gasteiger partial charge in [0.25, 0.3) is 0 Å². The maximum atomic E-state index is 4.64. The molecule has 0 atom stereocenters. The van der Waals surface area contributed by atoms with E-state index in [1.807, 2.05) is 6.20 Å². The highest BCUT2D eigenvalue weighted by Crippen LogP contribution is 2.25. The minimum atomic E-state index is 0.565. The smallest absolute Gasteiger partial charge is 0.0705 e. The summed E-state index contributed by atoms with van der Waals surface area (Å²) in [6.07, 6.45) is 1.96. The fraction of sp³-hybridized carbons (Fsp3) is 0.190. The van der Waals surface area contributed by atoms with Crippen LogP contribution >= 0.6 is 0 Å². The number of nitrogens with zero attached hydrogens (tertiary/aromatic N) is 1. The van der Waals surface area contributed by atoms with Gasteiger partial charge in [-0.2, -0.15) is 0 Å². The Morgan fingerprint density at radius 2 is 1.45 bits per heavy atom. The molecule has 22 heavy (non-hydrogen) atoms. The van der Waals surface area contributed by atoms with E-state index in [4.69, 9.17) is 0 Å². The van der Waals surface area contributed by atoms with Gasteiger partial charge in [-0.1, -0.05) is 68.4 Å².